The molecule has 1 saturated heterocycles. The van der Waals surface area contributed by atoms with E-state index >= 15 is 0 Å². The molecule has 0 aromatic rings. The number of rotatable bonds is 3. The van der Waals surface area contributed by atoms with Crippen LogP contribution in [-0.2, 0) is 4.79 Å². The topological polar surface area (TPSA) is 58.4 Å². The van der Waals surface area contributed by atoms with Crippen molar-refractivity contribution in [2.45, 2.75) is 57.4 Å². The molecule has 0 aromatic carbocycles. The largest absolute Gasteiger partial charge is 0.354 e. The molecule has 2 fully saturated rings. The van der Waals surface area contributed by atoms with Gasteiger partial charge in [-0.1, -0.05) is 26.2 Å². The molecule has 4 heteroatoms. The molecule has 0 atom stereocenters. The highest BCUT2D eigenvalue weighted by Gasteiger charge is 2.37. The summed E-state index contributed by atoms with van der Waals surface area (Å²) in [5.74, 6) is 0.0763. The highest BCUT2D eigenvalue weighted by atomic mass is 16.2. The Morgan fingerprint density at radius 2 is 1.74 bits per heavy atom. The molecule has 2 rings (SSSR count). The molecular weight excluding hydrogens is 238 g/mol. The van der Waals surface area contributed by atoms with Crippen molar-refractivity contribution < 1.29 is 4.79 Å². The summed E-state index contributed by atoms with van der Waals surface area (Å²) in [7, 11) is 2.16. The van der Waals surface area contributed by atoms with E-state index in [1.54, 1.807) is 0 Å². The van der Waals surface area contributed by atoms with Gasteiger partial charge in [0.05, 0.1) is 5.54 Å². The number of piperidine rings is 1. The van der Waals surface area contributed by atoms with Crippen LogP contribution in [0.25, 0.3) is 0 Å². The lowest BCUT2D eigenvalue weighted by atomic mass is 9.79. The molecule has 0 aromatic heterocycles. The van der Waals surface area contributed by atoms with Crippen LogP contribution in [0.3, 0.4) is 0 Å². The normalized spacial score (nSPS) is 26.9. The van der Waals surface area contributed by atoms with E-state index in [0.717, 1.165) is 58.2 Å². The van der Waals surface area contributed by atoms with Crippen molar-refractivity contribution in [3.05, 3.63) is 0 Å². The van der Waals surface area contributed by atoms with Crippen molar-refractivity contribution in [1.29, 1.82) is 0 Å². The van der Waals surface area contributed by atoms with Crippen LogP contribution in [-0.4, -0.2) is 43.0 Å². The van der Waals surface area contributed by atoms with Gasteiger partial charge in [0.2, 0.25) is 5.91 Å². The van der Waals surface area contributed by atoms with Crippen molar-refractivity contribution in [1.82, 2.24) is 10.2 Å². The van der Waals surface area contributed by atoms with Crippen LogP contribution in [0.1, 0.15) is 51.9 Å². The molecule has 19 heavy (non-hydrogen) atoms. The molecule has 0 bridgehead atoms. The third-order valence-corrected chi connectivity index (χ3v) is 5.07. The van der Waals surface area contributed by atoms with Crippen LogP contribution < -0.4 is 11.1 Å². The molecule has 2 aliphatic rings. The van der Waals surface area contributed by atoms with Crippen molar-refractivity contribution in [2.75, 3.05) is 26.7 Å². The van der Waals surface area contributed by atoms with Crippen LogP contribution in [0.5, 0.6) is 0 Å². The first-order valence-corrected chi connectivity index (χ1v) is 7.69. The second-order valence-electron chi connectivity index (χ2n) is 7.01. The van der Waals surface area contributed by atoms with Gasteiger partial charge in [0, 0.05) is 6.54 Å². The van der Waals surface area contributed by atoms with Crippen molar-refractivity contribution >= 4 is 5.91 Å². The standard InChI is InChI=1S/C15H29N3O/c1-14(8-10-18(2)11-9-14)12-17-13(19)15(16)6-4-3-5-7-15/h3-12,16H2,1-2H3,(H,17,19). The summed E-state index contributed by atoms with van der Waals surface area (Å²) in [6.45, 7) is 5.31. The molecule has 0 spiro atoms. The maximum Gasteiger partial charge on any atom is 0.240 e. The van der Waals surface area contributed by atoms with Gasteiger partial charge in [0.15, 0.2) is 0 Å². The minimum absolute atomic E-state index is 0.0763. The van der Waals surface area contributed by atoms with Crippen LogP contribution in [0.2, 0.25) is 0 Å². The molecule has 4 nitrogen and oxygen atoms in total. The molecule has 1 saturated carbocycles. The number of carbonyl (C=O) groups is 1. The average Bonchev–Trinajstić information content (AvgIpc) is 2.41. The third kappa shape index (κ3) is 3.69. The number of amides is 1. The maximum atomic E-state index is 12.3. The monoisotopic (exact) mass is 267 g/mol. The van der Waals surface area contributed by atoms with Crippen molar-refractivity contribution in [2.24, 2.45) is 11.1 Å². The van der Waals surface area contributed by atoms with E-state index in [9.17, 15) is 4.79 Å². The van der Waals surface area contributed by atoms with Gasteiger partial charge in [-0.15, -0.1) is 0 Å². The zero-order valence-corrected chi connectivity index (χ0v) is 12.5. The number of nitrogens with zero attached hydrogens (tertiary/aromatic N) is 1. The second-order valence-corrected chi connectivity index (χ2v) is 7.01. The Kier molecular flexibility index (Phi) is 4.51. The minimum atomic E-state index is -0.597. The van der Waals surface area contributed by atoms with Gasteiger partial charge in [-0.3, -0.25) is 4.79 Å². The highest BCUT2D eigenvalue weighted by molar-refractivity contribution is 5.86. The fourth-order valence-electron chi connectivity index (χ4n) is 3.21. The molecule has 0 unspecified atom stereocenters. The third-order valence-electron chi connectivity index (χ3n) is 5.07. The summed E-state index contributed by atoms with van der Waals surface area (Å²) >= 11 is 0. The lowest BCUT2D eigenvalue weighted by Crippen LogP contribution is -2.56. The molecule has 110 valence electrons. The predicted molar refractivity (Wildman–Crippen MR) is 77.9 cm³/mol. The SMILES string of the molecule is CN1CCC(C)(CNC(=O)C2(N)CCCCC2)CC1. The Morgan fingerprint density at radius 3 is 2.32 bits per heavy atom. The van der Waals surface area contributed by atoms with Crippen LogP contribution in [0, 0.1) is 5.41 Å². The van der Waals surface area contributed by atoms with Gasteiger partial charge in [-0.25, -0.2) is 0 Å². The number of hydrogen-bond donors (Lipinski definition) is 2. The molecule has 0 radical (unpaired) electrons. The van der Waals surface area contributed by atoms with Crippen molar-refractivity contribution in [3.8, 4) is 0 Å². The number of nitrogens with two attached hydrogens (primary N) is 1. The van der Waals surface area contributed by atoms with E-state index in [1.165, 1.54) is 6.42 Å². The summed E-state index contributed by atoms with van der Waals surface area (Å²) in [6.07, 6.45) is 7.40. The van der Waals surface area contributed by atoms with Gasteiger partial charge in [0.1, 0.15) is 0 Å². The average molecular weight is 267 g/mol. The van der Waals surface area contributed by atoms with Gasteiger partial charge < -0.3 is 16.0 Å². The minimum Gasteiger partial charge on any atom is -0.354 e. The van der Waals surface area contributed by atoms with Gasteiger partial charge in [0.25, 0.3) is 0 Å². The zero-order chi connectivity index (χ0) is 13.9. The molecule has 1 aliphatic heterocycles. The number of hydrogen-bond acceptors (Lipinski definition) is 3. The molecule has 1 amide bonds. The predicted octanol–water partition coefficient (Wildman–Crippen LogP) is 1.50. The zero-order valence-electron chi connectivity index (χ0n) is 12.5. The van der Waals surface area contributed by atoms with E-state index in [1.807, 2.05) is 0 Å². The lowest BCUT2D eigenvalue weighted by molar-refractivity contribution is -0.128. The summed E-state index contributed by atoms with van der Waals surface area (Å²) < 4.78 is 0. The van der Waals surface area contributed by atoms with Crippen LogP contribution in [0.15, 0.2) is 0 Å². The Bertz CT molecular complexity index is 315. The molecule has 1 heterocycles. The first-order valence-electron chi connectivity index (χ1n) is 7.69. The Hall–Kier alpha value is -0.610. The van der Waals surface area contributed by atoms with E-state index in [4.69, 9.17) is 5.73 Å². The summed E-state index contributed by atoms with van der Waals surface area (Å²) in [4.78, 5) is 14.7. The summed E-state index contributed by atoms with van der Waals surface area (Å²) in [5, 5.41) is 3.14. The fourth-order valence-corrected chi connectivity index (χ4v) is 3.21. The number of likely N-dealkylation sites (tertiary alicyclic amines) is 1. The van der Waals surface area contributed by atoms with Crippen LogP contribution in [0.4, 0.5) is 0 Å². The van der Waals surface area contributed by atoms with E-state index in [-0.39, 0.29) is 11.3 Å². The second kappa shape index (κ2) is 5.80. The molecular formula is C15H29N3O. The Balaban J connectivity index is 1.82. The Morgan fingerprint density at radius 1 is 1.16 bits per heavy atom. The quantitative estimate of drug-likeness (QED) is 0.814. The smallest absolute Gasteiger partial charge is 0.240 e. The van der Waals surface area contributed by atoms with Gasteiger partial charge in [-0.2, -0.15) is 0 Å². The Labute approximate surface area is 117 Å². The number of carbonyl (C=O) groups excluding carboxylic acids is 1. The molecule has 1 aliphatic carbocycles. The first-order chi connectivity index (χ1) is 8.94. The first kappa shape index (κ1) is 14.8. The highest BCUT2D eigenvalue weighted by Crippen LogP contribution is 2.30. The van der Waals surface area contributed by atoms with Gasteiger partial charge >= 0.3 is 0 Å². The maximum absolute atomic E-state index is 12.3. The van der Waals surface area contributed by atoms with Gasteiger partial charge in [-0.05, 0) is 51.2 Å². The summed E-state index contributed by atoms with van der Waals surface area (Å²) in [5.41, 5.74) is 5.91. The number of nitrogens with one attached hydrogen (secondary N) is 1. The van der Waals surface area contributed by atoms with E-state index in [0.29, 0.717) is 0 Å². The van der Waals surface area contributed by atoms with Crippen molar-refractivity contribution in [3.63, 3.8) is 0 Å². The van der Waals surface area contributed by atoms with E-state index < -0.39 is 5.54 Å². The van der Waals surface area contributed by atoms with E-state index in [2.05, 4.69) is 24.2 Å². The molecule has 3 N–H and O–H groups in total. The van der Waals surface area contributed by atoms with Crippen LogP contribution >= 0.6 is 0 Å². The lowest BCUT2D eigenvalue weighted by Gasteiger charge is -2.39. The fraction of sp³-hybridized carbons (Fsp3) is 0.933. The summed E-state index contributed by atoms with van der Waals surface area (Å²) in [6, 6.07) is 0.